The van der Waals surface area contributed by atoms with Gasteiger partial charge in [0.25, 0.3) is 5.91 Å². The van der Waals surface area contributed by atoms with Crippen LogP contribution in [0.1, 0.15) is 15.9 Å². The molecule has 0 heterocycles. The number of benzene rings is 2. The van der Waals surface area contributed by atoms with Gasteiger partial charge in [0.1, 0.15) is 5.82 Å². The van der Waals surface area contributed by atoms with Crippen LogP contribution in [-0.2, 0) is 16.4 Å². The van der Waals surface area contributed by atoms with Crippen molar-refractivity contribution in [2.24, 2.45) is 0 Å². The second-order valence-corrected chi connectivity index (χ2v) is 8.09. The van der Waals surface area contributed by atoms with Crippen LogP contribution in [0, 0.1) is 5.82 Å². The lowest BCUT2D eigenvalue weighted by Gasteiger charge is -2.08. The van der Waals surface area contributed by atoms with Gasteiger partial charge < -0.3 is 5.32 Å². The predicted molar refractivity (Wildman–Crippen MR) is 89.8 cm³/mol. The first kappa shape index (κ1) is 17.9. The Morgan fingerprint density at radius 1 is 1.26 bits per heavy atom. The number of sulfone groups is 1. The van der Waals surface area contributed by atoms with Gasteiger partial charge in [-0.05, 0) is 51.8 Å². The third-order valence-electron chi connectivity index (χ3n) is 3.03. The predicted octanol–water partition coefficient (Wildman–Crippen LogP) is 3.58. The molecule has 0 atom stereocenters. The molecule has 0 spiro atoms. The average Bonchev–Trinajstić information content (AvgIpc) is 2.47. The molecule has 122 valence electrons. The summed E-state index contributed by atoms with van der Waals surface area (Å²) in [5.41, 5.74) is 0.740. The minimum Gasteiger partial charge on any atom is -0.348 e. The normalized spacial score (nSPS) is 11.3. The lowest BCUT2D eigenvalue weighted by molar-refractivity contribution is 0.0950. The summed E-state index contributed by atoms with van der Waals surface area (Å²) in [6, 6.07) is 8.50. The summed E-state index contributed by atoms with van der Waals surface area (Å²) in [5, 5.41) is 2.66. The van der Waals surface area contributed by atoms with Gasteiger partial charge in [0.15, 0.2) is 9.84 Å². The van der Waals surface area contributed by atoms with E-state index in [1.165, 1.54) is 24.3 Å². The van der Waals surface area contributed by atoms with Crippen molar-refractivity contribution < 1.29 is 17.6 Å². The first-order valence-electron chi connectivity index (χ1n) is 6.40. The number of carbonyl (C=O) groups is 1. The van der Waals surface area contributed by atoms with Gasteiger partial charge in [0.05, 0.1) is 14.4 Å². The van der Waals surface area contributed by atoms with E-state index in [2.05, 4.69) is 21.2 Å². The Labute approximate surface area is 146 Å². The summed E-state index contributed by atoms with van der Waals surface area (Å²) in [5.74, 6) is -0.905. The van der Waals surface area contributed by atoms with Crippen LogP contribution < -0.4 is 5.32 Å². The highest BCUT2D eigenvalue weighted by Gasteiger charge is 2.15. The van der Waals surface area contributed by atoms with Crippen LogP contribution in [0.25, 0.3) is 0 Å². The summed E-state index contributed by atoms with van der Waals surface area (Å²) < 4.78 is 37.0. The zero-order chi connectivity index (χ0) is 17.2. The van der Waals surface area contributed by atoms with Gasteiger partial charge in [-0.25, -0.2) is 12.8 Å². The van der Waals surface area contributed by atoms with Gasteiger partial charge >= 0.3 is 0 Å². The highest BCUT2D eigenvalue weighted by atomic mass is 79.9. The molecule has 0 unspecified atom stereocenters. The van der Waals surface area contributed by atoms with Gasteiger partial charge in [0, 0.05) is 18.4 Å². The van der Waals surface area contributed by atoms with Crippen molar-refractivity contribution in [2.75, 3.05) is 6.26 Å². The van der Waals surface area contributed by atoms with Crippen molar-refractivity contribution in [3.05, 3.63) is 62.8 Å². The molecule has 0 aliphatic heterocycles. The number of hydrogen-bond donors (Lipinski definition) is 1. The van der Waals surface area contributed by atoms with E-state index >= 15 is 0 Å². The first-order chi connectivity index (χ1) is 10.7. The molecule has 4 nitrogen and oxygen atoms in total. The van der Waals surface area contributed by atoms with Crippen molar-refractivity contribution in [1.82, 2.24) is 5.32 Å². The highest BCUT2D eigenvalue weighted by Crippen LogP contribution is 2.22. The Morgan fingerprint density at radius 3 is 2.57 bits per heavy atom. The summed E-state index contributed by atoms with van der Waals surface area (Å²) in [4.78, 5) is 12.0. The number of carbonyl (C=O) groups excluding carboxylic acids is 1. The molecule has 0 aliphatic rings. The smallest absolute Gasteiger partial charge is 0.251 e. The lowest BCUT2D eigenvalue weighted by Crippen LogP contribution is -2.23. The van der Waals surface area contributed by atoms with Crippen molar-refractivity contribution in [1.29, 1.82) is 0 Å². The van der Waals surface area contributed by atoms with E-state index in [0.29, 0.717) is 10.0 Å². The number of hydrogen-bond acceptors (Lipinski definition) is 3. The van der Waals surface area contributed by atoms with Crippen LogP contribution in [0.5, 0.6) is 0 Å². The maximum Gasteiger partial charge on any atom is 0.251 e. The molecular weight excluding hydrogens is 409 g/mol. The van der Waals surface area contributed by atoms with Crippen LogP contribution in [0.2, 0.25) is 5.02 Å². The van der Waals surface area contributed by atoms with E-state index in [4.69, 9.17) is 11.6 Å². The molecule has 0 aliphatic carbocycles. The summed E-state index contributed by atoms with van der Waals surface area (Å²) in [6.07, 6.45) is 1.01. The minimum atomic E-state index is -3.53. The standard InChI is InChI=1S/C15H12BrClFNO3S/c1-23(21,22)14-7-10(3-5-12(14)17)15(20)19-8-9-2-4-11(16)13(18)6-9/h2-7H,8H2,1H3,(H,19,20). The summed E-state index contributed by atoms with van der Waals surface area (Å²) in [6.45, 7) is 0.111. The van der Waals surface area contributed by atoms with Crippen LogP contribution in [-0.4, -0.2) is 20.6 Å². The molecule has 0 saturated carbocycles. The molecule has 0 saturated heterocycles. The van der Waals surface area contributed by atoms with Crippen molar-refractivity contribution in [3.8, 4) is 0 Å². The molecule has 0 fully saturated rings. The summed E-state index contributed by atoms with van der Waals surface area (Å²) in [7, 11) is -3.53. The number of rotatable bonds is 4. The Balaban J connectivity index is 2.16. The van der Waals surface area contributed by atoms with E-state index in [-0.39, 0.29) is 22.0 Å². The SMILES string of the molecule is CS(=O)(=O)c1cc(C(=O)NCc2ccc(Br)c(F)c2)ccc1Cl. The third kappa shape index (κ3) is 4.53. The van der Waals surface area contributed by atoms with E-state index in [0.717, 1.165) is 6.26 Å². The molecule has 2 rings (SSSR count). The fraction of sp³-hybridized carbons (Fsp3) is 0.133. The first-order valence-corrected chi connectivity index (χ1v) is 9.46. The molecule has 1 N–H and O–H groups in total. The Bertz CT molecular complexity index is 871. The molecule has 0 radical (unpaired) electrons. The van der Waals surface area contributed by atoms with E-state index in [1.807, 2.05) is 0 Å². The maximum absolute atomic E-state index is 13.4. The number of nitrogens with one attached hydrogen (secondary N) is 1. The zero-order valence-corrected chi connectivity index (χ0v) is 15.1. The molecule has 23 heavy (non-hydrogen) atoms. The van der Waals surface area contributed by atoms with Crippen LogP contribution in [0.3, 0.4) is 0 Å². The molecular formula is C15H12BrClFNO3S. The third-order valence-corrected chi connectivity index (χ3v) is 5.25. The topological polar surface area (TPSA) is 63.2 Å². The van der Waals surface area contributed by atoms with Crippen molar-refractivity contribution in [3.63, 3.8) is 0 Å². The van der Waals surface area contributed by atoms with Gasteiger partial charge in [-0.2, -0.15) is 0 Å². The Hall–Kier alpha value is -1.44. The number of halogens is 3. The molecule has 0 bridgehead atoms. The molecule has 2 aromatic carbocycles. The zero-order valence-electron chi connectivity index (χ0n) is 11.9. The molecule has 8 heteroatoms. The average molecular weight is 421 g/mol. The van der Waals surface area contributed by atoms with E-state index in [1.54, 1.807) is 12.1 Å². The van der Waals surface area contributed by atoms with Gasteiger partial charge in [-0.15, -0.1) is 0 Å². The fourth-order valence-electron chi connectivity index (χ4n) is 1.86. The van der Waals surface area contributed by atoms with Crippen molar-refractivity contribution >= 4 is 43.3 Å². The van der Waals surface area contributed by atoms with Crippen LogP contribution in [0.4, 0.5) is 4.39 Å². The lowest BCUT2D eigenvalue weighted by atomic mass is 10.2. The van der Waals surface area contributed by atoms with Crippen LogP contribution >= 0.6 is 27.5 Å². The molecule has 0 aromatic heterocycles. The van der Waals surface area contributed by atoms with Crippen LogP contribution in [0.15, 0.2) is 45.8 Å². The largest absolute Gasteiger partial charge is 0.348 e. The monoisotopic (exact) mass is 419 g/mol. The second kappa shape index (κ2) is 6.98. The van der Waals surface area contributed by atoms with E-state index in [9.17, 15) is 17.6 Å². The maximum atomic E-state index is 13.4. The fourth-order valence-corrected chi connectivity index (χ4v) is 3.41. The highest BCUT2D eigenvalue weighted by molar-refractivity contribution is 9.10. The summed E-state index contributed by atoms with van der Waals surface area (Å²) >= 11 is 8.88. The van der Waals surface area contributed by atoms with Gasteiger partial charge in [-0.1, -0.05) is 17.7 Å². The van der Waals surface area contributed by atoms with E-state index < -0.39 is 21.6 Å². The van der Waals surface area contributed by atoms with Gasteiger partial charge in [0.2, 0.25) is 0 Å². The molecule has 1 amide bonds. The second-order valence-electron chi connectivity index (χ2n) is 4.85. The Morgan fingerprint density at radius 2 is 1.96 bits per heavy atom. The quantitative estimate of drug-likeness (QED) is 0.822. The Kier molecular flexibility index (Phi) is 5.44. The van der Waals surface area contributed by atoms with Crippen molar-refractivity contribution in [2.45, 2.75) is 11.4 Å². The minimum absolute atomic E-state index is 0.0547. The number of amides is 1. The molecule has 2 aromatic rings. The van der Waals surface area contributed by atoms with Gasteiger partial charge in [-0.3, -0.25) is 4.79 Å².